The zero-order valence-electron chi connectivity index (χ0n) is 15.2. The van der Waals surface area contributed by atoms with Crippen molar-refractivity contribution >= 4 is 12.0 Å². The van der Waals surface area contributed by atoms with Gasteiger partial charge < -0.3 is 19.7 Å². The quantitative estimate of drug-likeness (QED) is 0.716. The van der Waals surface area contributed by atoms with E-state index in [1.807, 2.05) is 0 Å². The number of nitrogens with zero attached hydrogens (tertiary/aromatic N) is 1. The highest BCUT2D eigenvalue weighted by Gasteiger charge is 2.19. The third-order valence-corrected chi connectivity index (χ3v) is 4.47. The monoisotopic (exact) mass is 368 g/mol. The summed E-state index contributed by atoms with van der Waals surface area (Å²) in [6.45, 7) is 2.90. The van der Waals surface area contributed by atoms with Crippen LogP contribution in [0.4, 0.5) is 8.78 Å². The van der Waals surface area contributed by atoms with Crippen molar-refractivity contribution < 1.29 is 23.0 Å². The number of hydrogen-bond donors (Lipinski definition) is 1. The smallest absolute Gasteiger partial charge is 0.387 e. The maximum Gasteiger partial charge on any atom is 0.387 e. The fourth-order valence-electron chi connectivity index (χ4n) is 3.11. The van der Waals surface area contributed by atoms with Crippen LogP contribution in [-0.2, 0) is 4.79 Å². The summed E-state index contributed by atoms with van der Waals surface area (Å²) in [5, 5.41) is 2.88. The summed E-state index contributed by atoms with van der Waals surface area (Å²) in [5.74, 6) is 0.287. The predicted molar refractivity (Wildman–Crippen MR) is 96.5 cm³/mol. The third kappa shape index (κ3) is 5.98. The van der Waals surface area contributed by atoms with Crippen LogP contribution in [0.1, 0.15) is 25.3 Å². The maximum atomic E-state index is 12.6. The summed E-state index contributed by atoms with van der Waals surface area (Å²) in [6.07, 6.45) is 5.02. The third-order valence-electron chi connectivity index (χ3n) is 4.47. The summed E-state index contributed by atoms with van der Waals surface area (Å²) < 4.78 is 34.8. The highest BCUT2D eigenvalue weighted by molar-refractivity contribution is 5.92. The zero-order chi connectivity index (χ0) is 18.9. The van der Waals surface area contributed by atoms with Crippen molar-refractivity contribution in [2.75, 3.05) is 33.3 Å². The molecule has 1 heterocycles. The molecule has 0 aliphatic carbocycles. The molecule has 1 N–H and O–H groups in total. The van der Waals surface area contributed by atoms with Crippen LogP contribution in [0.2, 0.25) is 0 Å². The van der Waals surface area contributed by atoms with Gasteiger partial charge in [-0.25, -0.2) is 0 Å². The zero-order valence-corrected chi connectivity index (χ0v) is 15.2. The van der Waals surface area contributed by atoms with Crippen LogP contribution in [-0.4, -0.2) is 50.7 Å². The number of hydrogen-bond acceptors (Lipinski definition) is 4. The Labute approximate surface area is 153 Å². The molecule has 1 aliphatic heterocycles. The lowest BCUT2D eigenvalue weighted by Gasteiger charge is -2.31. The van der Waals surface area contributed by atoms with Crippen LogP contribution in [0.5, 0.6) is 11.5 Å². The van der Waals surface area contributed by atoms with Gasteiger partial charge in [-0.1, -0.05) is 19.1 Å². The minimum absolute atomic E-state index is 0.0834. The van der Waals surface area contributed by atoms with Gasteiger partial charge >= 0.3 is 6.61 Å². The van der Waals surface area contributed by atoms with Gasteiger partial charge in [0.1, 0.15) is 0 Å². The average molecular weight is 368 g/mol. The number of alkyl halides is 2. The van der Waals surface area contributed by atoms with E-state index in [1.165, 1.54) is 25.3 Å². The average Bonchev–Trinajstić information content (AvgIpc) is 2.65. The molecule has 0 radical (unpaired) electrons. The normalized spacial score (nSPS) is 18.3. The van der Waals surface area contributed by atoms with Gasteiger partial charge in [0.25, 0.3) is 0 Å². The van der Waals surface area contributed by atoms with Gasteiger partial charge in [-0.3, -0.25) is 4.79 Å². The van der Waals surface area contributed by atoms with E-state index in [-0.39, 0.29) is 17.4 Å². The van der Waals surface area contributed by atoms with E-state index in [4.69, 9.17) is 4.74 Å². The molecular formula is C19H26F2N2O3. The number of para-hydroxylation sites is 1. The second-order valence-corrected chi connectivity index (χ2v) is 6.24. The molecule has 1 amide bonds. The number of carbonyl (C=O) groups is 1. The molecule has 0 bridgehead atoms. The number of methoxy groups -OCH3 is 1. The Morgan fingerprint density at radius 3 is 2.96 bits per heavy atom. The Kier molecular flexibility index (Phi) is 7.84. The summed E-state index contributed by atoms with van der Waals surface area (Å²) in [7, 11) is 1.37. The number of rotatable bonds is 8. The first-order valence-corrected chi connectivity index (χ1v) is 8.83. The van der Waals surface area contributed by atoms with E-state index >= 15 is 0 Å². The van der Waals surface area contributed by atoms with E-state index in [1.54, 1.807) is 12.1 Å². The van der Waals surface area contributed by atoms with Crippen LogP contribution in [0.15, 0.2) is 24.3 Å². The molecule has 0 unspecified atom stereocenters. The standard InChI is InChI=1S/C19H26F2N2O3/c1-3-23-11-5-6-14(13-23)12-22-17(24)10-9-15-7-4-8-16(25-2)18(15)26-19(20)21/h4,7-10,14,19H,3,5-6,11-13H2,1-2H3,(H,22,24)/b10-9-/t14-/m0/s1. The van der Waals surface area contributed by atoms with Crippen LogP contribution in [0.25, 0.3) is 6.08 Å². The molecule has 1 saturated heterocycles. The molecule has 1 aliphatic rings. The Morgan fingerprint density at radius 2 is 2.27 bits per heavy atom. The first-order valence-electron chi connectivity index (χ1n) is 8.83. The molecule has 1 aromatic rings. The molecule has 0 saturated carbocycles. The second-order valence-electron chi connectivity index (χ2n) is 6.24. The van der Waals surface area contributed by atoms with E-state index in [0.717, 1.165) is 32.5 Å². The summed E-state index contributed by atoms with van der Waals surface area (Å²) in [6, 6.07) is 4.76. The van der Waals surface area contributed by atoms with Crippen molar-refractivity contribution in [3.63, 3.8) is 0 Å². The van der Waals surface area contributed by atoms with E-state index in [9.17, 15) is 13.6 Å². The lowest BCUT2D eigenvalue weighted by atomic mass is 9.98. The van der Waals surface area contributed by atoms with Gasteiger partial charge in [0.05, 0.1) is 7.11 Å². The summed E-state index contributed by atoms with van der Waals surface area (Å²) in [4.78, 5) is 14.4. The van der Waals surface area contributed by atoms with Crippen molar-refractivity contribution in [3.8, 4) is 11.5 Å². The molecule has 0 aromatic heterocycles. The topological polar surface area (TPSA) is 50.8 Å². The number of likely N-dealkylation sites (tertiary alicyclic amines) is 1. The first kappa shape index (κ1) is 20.2. The minimum atomic E-state index is -2.97. The van der Waals surface area contributed by atoms with Crippen LogP contribution < -0.4 is 14.8 Å². The highest BCUT2D eigenvalue weighted by Crippen LogP contribution is 2.33. The summed E-state index contributed by atoms with van der Waals surface area (Å²) >= 11 is 0. The minimum Gasteiger partial charge on any atom is -0.493 e. The van der Waals surface area contributed by atoms with Crippen molar-refractivity contribution in [1.29, 1.82) is 0 Å². The van der Waals surface area contributed by atoms with Gasteiger partial charge in [-0.15, -0.1) is 0 Å². The maximum absolute atomic E-state index is 12.6. The molecule has 7 heteroatoms. The lowest BCUT2D eigenvalue weighted by molar-refractivity contribution is -0.116. The number of piperidine rings is 1. The van der Waals surface area contributed by atoms with Crippen LogP contribution in [0, 0.1) is 5.92 Å². The van der Waals surface area contributed by atoms with E-state index in [0.29, 0.717) is 18.0 Å². The molecule has 0 spiro atoms. The van der Waals surface area contributed by atoms with E-state index < -0.39 is 6.61 Å². The van der Waals surface area contributed by atoms with Gasteiger partial charge in [0.15, 0.2) is 11.5 Å². The highest BCUT2D eigenvalue weighted by atomic mass is 19.3. The Bertz CT molecular complexity index is 623. The van der Waals surface area contributed by atoms with Crippen molar-refractivity contribution in [2.45, 2.75) is 26.4 Å². The number of nitrogens with one attached hydrogen (secondary N) is 1. The largest absolute Gasteiger partial charge is 0.493 e. The molecule has 144 valence electrons. The first-order chi connectivity index (χ1) is 12.5. The van der Waals surface area contributed by atoms with Gasteiger partial charge in [-0.05, 0) is 44.0 Å². The van der Waals surface area contributed by atoms with Gasteiger partial charge in [0.2, 0.25) is 5.91 Å². The van der Waals surface area contributed by atoms with Crippen molar-refractivity contribution in [2.24, 2.45) is 5.92 Å². The molecule has 26 heavy (non-hydrogen) atoms. The van der Waals surface area contributed by atoms with Crippen LogP contribution in [0.3, 0.4) is 0 Å². The van der Waals surface area contributed by atoms with Crippen molar-refractivity contribution in [3.05, 3.63) is 29.8 Å². The number of amides is 1. The summed E-state index contributed by atoms with van der Waals surface area (Å²) in [5.41, 5.74) is 0.356. The Hall–Kier alpha value is -2.15. The Balaban J connectivity index is 1.95. The van der Waals surface area contributed by atoms with Crippen molar-refractivity contribution in [1.82, 2.24) is 10.2 Å². The van der Waals surface area contributed by atoms with Gasteiger partial charge in [0, 0.05) is 24.7 Å². The number of benzene rings is 1. The van der Waals surface area contributed by atoms with E-state index in [2.05, 4.69) is 21.9 Å². The molecule has 1 fully saturated rings. The molecular weight excluding hydrogens is 342 g/mol. The molecule has 1 aromatic carbocycles. The number of ether oxygens (including phenoxy) is 2. The predicted octanol–water partition coefficient (Wildman–Crippen LogP) is 3.16. The second kappa shape index (κ2) is 10.1. The fourth-order valence-corrected chi connectivity index (χ4v) is 3.11. The van der Waals surface area contributed by atoms with Crippen LogP contribution >= 0.6 is 0 Å². The molecule has 1 atom stereocenters. The fraction of sp³-hybridized carbons (Fsp3) is 0.526. The van der Waals surface area contributed by atoms with Gasteiger partial charge in [-0.2, -0.15) is 8.78 Å². The molecule has 2 rings (SSSR count). The Morgan fingerprint density at radius 1 is 1.46 bits per heavy atom. The lowest BCUT2D eigenvalue weighted by Crippen LogP contribution is -2.40. The number of carbonyl (C=O) groups excluding carboxylic acids is 1. The number of halogens is 2. The SMILES string of the molecule is CCN1CCC[C@@H](CNC(=O)/C=C\c2cccc(OC)c2OC(F)F)C1. The molecule has 5 nitrogen and oxygen atoms in total.